The molecule has 1 aromatic rings. The molecule has 2 bridgehead atoms. The topological polar surface area (TPSA) is 50.4 Å². The maximum absolute atomic E-state index is 6.17. The lowest BCUT2D eigenvalue weighted by atomic mass is 9.69. The molecule has 2 aliphatic carbocycles. The zero-order valence-electron chi connectivity index (χ0n) is 13.4. The van der Waals surface area contributed by atoms with Crippen LogP contribution >= 0.6 is 35.0 Å². The minimum atomic E-state index is 0. The van der Waals surface area contributed by atoms with E-state index in [4.69, 9.17) is 10.7 Å². The van der Waals surface area contributed by atoms with E-state index in [9.17, 15) is 0 Å². The number of nitrogens with zero attached hydrogens (tertiary/aromatic N) is 1. The Morgan fingerprint density at radius 3 is 2.55 bits per heavy atom. The van der Waals surface area contributed by atoms with Gasteiger partial charge in [-0.25, -0.2) is 4.99 Å². The van der Waals surface area contributed by atoms with Crippen molar-refractivity contribution in [1.29, 1.82) is 0 Å². The van der Waals surface area contributed by atoms with Gasteiger partial charge in [-0.1, -0.05) is 32.9 Å². The van der Waals surface area contributed by atoms with Crippen LogP contribution in [0.4, 0.5) is 5.69 Å². The van der Waals surface area contributed by atoms with Gasteiger partial charge in [-0.15, -0.1) is 12.4 Å². The second-order valence-corrected chi connectivity index (χ2v) is 8.41. The van der Waals surface area contributed by atoms with Gasteiger partial charge < -0.3 is 11.1 Å². The Morgan fingerprint density at radius 2 is 2.00 bits per heavy atom. The molecule has 22 heavy (non-hydrogen) atoms. The number of nitrogens with two attached hydrogens (primary N) is 1. The van der Waals surface area contributed by atoms with Crippen LogP contribution < -0.4 is 11.1 Å². The zero-order valence-corrected chi connectivity index (χ0v) is 16.4. The molecule has 2 saturated carbocycles. The van der Waals surface area contributed by atoms with E-state index in [1.54, 1.807) is 0 Å². The van der Waals surface area contributed by atoms with Crippen LogP contribution in [-0.2, 0) is 0 Å². The molecule has 3 nitrogen and oxygen atoms in total. The van der Waals surface area contributed by atoms with Crippen LogP contribution in [0.1, 0.15) is 40.0 Å². The Labute approximate surface area is 153 Å². The Balaban J connectivity index is 0.00000176. The van der Waals surface area contributed by atoms with E-state index in [0.717, 1.165) is 15.2 Å². The van der Waals surface area contributed by atoms with Crippen LogP contribution in [0.5, 0.6) is 0 Å². The predicted molar refractivity (Wildman–Crippen MR) is 105 cm³/mol. The number of rotatable bonds is 2. The molecular weight excluding hydrogens is 409 g/mol. The Bertz CT molecular complexity index is 587. The third kappa shape index (κ3) is 2.73. The molecule has 2 aliphatic rings. The number of hydrogen-bond donors (Lipinski definition) is 2. The summed E-state index contributed by atoms with van der Waals surface area (Å²) >= 11 is 2.31. The average molecular weight is 434 g/mol. The molecule has 0 aliphatic heterocycles. The average Bonchev–Trinajstić information content (AvgIpc) is 2.74. The third-order valence-electron chi connectivity index (χ3n) is 6.18. The number of benzene rings is 1. The van der Waals surface area contributed by atoms with Crippen molar-refractivity contribution in [3.8, 4) is 0 Å². The van der Waals surface area contributed by atoms with Gasteiger partial charge in [0.25, 0.3) is 0 Å². The van der Waals surface area contributed by atoms with Gasteiger partial charge in [0, 0.05) is 3.57 Å². The number of hydrogen-bond acceptors (Lipinski definition) is 1. The molecule has 5 heteroatoms. The van der Waals surface area contributed by atoms with Crippen molar-refractivity contribution in [3.63, 3.8) is 0 Å². The normalized spacial score (nSPS) is 32.6. The molecule has 3 unspecified atom stereocenters. The summed E-state index contributed by atoms with van der Waals surface area (Å²) in [6.07, 6.45) is 3.80. The first-order valence-electron chi connectivity index (χ1n) is 7.69. The van der Waals surface area contributed by atoms with Crippen LogP contribution in [0.15, 0.2) is 29.3 Å². The van der Waals surface area contributed by atoms with Gasteiger partial charge in [-0.05, 0) is 70.7 Å². The number of para-hydroxylation sites is 1. The minimum absolute atomic E-state index is 0. The summed E-state index contributed by atoms with van der Waals surface area (Å²) in [7, 11) is 0. The van der Waals surface area contributed by atoms with Gasteiger partial charge in [-0.3, -0.25) is 0 Å². The highest BCUT2D eigenvalue weighted by Gasteiger charge is 2.61. The van der Waals surface area contributed by atoms with E-state index in [1.807, 2.05) is 18.2 Å². The van der Waals surface area contributed by atoms with Crippen LogP contribution in [0.3, 0.4) is 0 Å². The van der Waals surface area contributed by atoms with Gasteiger partial charge in [0.15, 0.2) is 5.96 Å². The van der Waals surface area contributed by atoms with Gasteiger partial charge >= 0.3 is 0 Å². The van der Waals surface area contributed by atoms with E-state index in [1.165, 1.54) is 19.3 Å². The molecule has 1 aromatic carbocycles. The van der Waals surface area contributed by atoms with Crippen molar-refractivity contribution in [2.45, 2.75) is 46.1 Å². The predicted octanol–water partition coefficient (Wildman–Crippen LogP) is 4.65. The fourth-order valence-electron chi connectivity index (χ4n) is 4.26. The van der Waals surface area contributed by atoms with Crippen molar-refractivity contribution >= 4 is 46.6 Å². The van der Waals surface area contributed by atoms with E-state index in [0.29, 0.717) is 17.4 Å². The number of halogens is 2. The molecule has 3 atom stereocenters. The standard InChI is InChI=1S/C17H24IN3.ClH/c1-16(2)11-8-9-17(16,3)14(10-11)21-15(19)20-13-7-5-4-6-12(13)18;/h4-7,11,14H,8-10H2,1-3H3,(H3,19,20,21);1H. The summed E-state index contributed by atoms with van der Waals surface area (Å²) in [5.41, 5.74) is 7.87. The van der Waals surface area contributed by atoms with E-state index < -0.39 is 0 Å². The quantitative estimate of drug-likeness (QED) is 0.405. The fraction of sp³-hybridized carbons (Fsp3) is 0.588. The first kappa shape index (κ1) is 17.9. The molecule has 0 aromatic heterocycles. The molecule has 122 valence electrons. The number of nitrogens with one attached hydrogen (secondary N) is 1. The summed E-state index contributed by atoms with van der Waals surface area (Å²) in [5.74, 6) is 1.34. The maximum Gasteiger partial charge on any atom is 0.193 e. The first-order chi connectivity index (χ1) is 9.84. The SMILES string of the molecule is CC1(C)C2CCC1(C)C(N=C(N)Nc1ccccc1I)C2.Cl. The molecule has 3 rings (SSSR count). The van der Waals surface area contributed by atoms with E-state index in [2.05, 4.69) is 54.7 Å². The summed E-state index contributed by atoms with van der Waals surface area (Å²) in [4.78, 5) is 4.84. The smallest absolute Gasteiger partial charge is 0.193 e. The van der Waals surface area contributed by atoms with Gasteiger partial charge in [0.05, 0.1) is 11.7 Å². The fourth-order valence-corrected chi connectivity index (χ4v) is 4.78. The zero-order chi connectivity index (χ0) is 15.3. The highest BCUT2D eigenvalue weighted by molar-refractivity contribution is 14.1. The lowest BCUT2D eigenvalue weighted by molar-refractivity contribution is 0.137. The van der Waals surface area contributed by atoms with Crippen molar-refractivity contribution in [3.05, 3.63) is 27.8 Å². The Morgan fingerprint density at radius 1 is 1.32 bits per heavy atom. The summed E-state index contributed by atoms with van der Waals surface area (Å²) in [6, 6.07) is 8.49. The van der Waals surface area contributed by atoms with Crippen LogP contribution in [0.25, 0.3) is 0 Å². The van der Waals surface area contributed by atoms with E-state index in [-0.39, 0.29) is 17.8 Å². The largest absolute Gasteiger partial charge is 0.370 e. The van der Waals surface area contributed by atoms with Crippen LogP contribution in [0.2, 0.25) is 0 Å². The molecule has 0 radical (unpaired) electrons. The molecule has 0 spiro atoms. The molecule has 2 fully saturated rings. The van der Waals surface area contributed by atoms with Crippen molar-refractivity contribution in [2.24, 2.45) is 27.5 Å². The van der Waals surface area contributed by atoms with Crippen LogP contribution in [-0.4, -0.2) is 12.0 Å². The molecule has 0 amide bonds. The van der Waals surface area contributed by atoms with Gasteiger partial charge in [0.2, 0.25) is 0 Å². The van der Waals surface area contributed by atoms with Crippen LogP contribution in [0, 0.1) is 20.3 Å². The number of aliphatic imine (C=N–C) groups is 1. The third-order valence-corrected chi connectivity index (χ3v) is 7.12. The lowest BCUT2D eigenvalue weighted by Crippen LogP contribution is -2.37. The van der Waals surface area contributed by atoms with Gasteiger partial charge in [0.1, 0.15) is 0 Å². The van der Waals surface area contributed by atoms with E-state index >= 15 is 0 Å². The van der Waals surface area contributed by atoms with Crippen molar-refractivity contribution in [1.82, 2.24) is 0 Å². The summed E-state index contributed by atoms with van der Waals surface area (Å²) in [5, 5.41) is 3.26. The maximum atomic E-state index is 6.17. The molecule has 3 N–H and O–H groups in total. The van der Waals surface area contributed by atoms with Crippen molar-refractivity contribution < 1.29 is 0 Å². The molecule has 0 saturated heterocycles. The van der Waals surface area contributed by atoms with Gasteiger partial charge in [-0.2, -0.15) is 0 Å². The number of guanidine groups is 1. The highest BCUT2D eigenvalue weighted by atomic mass is 127. The molecule has 0 heterocycles. The second kappa shape index (κ2) is 6.19. The highest BCUT2D eigenvalue weighted by Crippen LogP contribution is 2.66. The molecular formula is C17H25ClIN3. The second-order valence-electron chi connectivity index (χ2n) is 7.25. The van der Waals surface area contributed by atoms with Crippen molar-refractivity contribution in [2.75, 3.05) is 5.32 Å². The summed E-state index contributed by atoms with van der Waals surface area (Å²) in [6.45, 7) is 7.21. The minimum Gasteiger partial charge on any atom is -0.370 e. The number of anilines is 1. The first-order valence-corrected chi connectivity index (χ1v) is 8.77. The lowest BCUT2D eigenvalue weighted by Gasteiger charge is -2.37. The Hall–Kier alpha value is -0.490. The monoisotopic (exact) mass is 433 g/mol. The number of fused-ring (bicyclic) bond motifs is 2. The summed E-state index contributed by atoms with van der Waals surface area (Å²) < 4.78 is 1.16. The Kier molecular flexibility index (Phi) is 5.03.